The smallest absolute Gasteiger partial charge is 0.486 e. The zero-order valence-corrected chi connectivity index (χ0v) is 19.9. The minimum absolute atomic E-state index is 0.259. The van der Waals surface area contributed by atoms with Crippen LogP contribution in [-0.4, -0.2) is 40.8 Å². The fourth-order valence-corrected chi connectivity index (χ4v) is 5.00. The van der Waals surface area contributed by atoms with Crippen LogP contribution in [0.3, 0.4) is 0 Å². The third kappa shape index (κ3) is 5.74. The van der Waals surface area contributed by atoms with E-state index >= 15 is 0 Å². The first-order valence-electron chi connectivity index (χ1n) is 11.4. The molecule has 0 spiro atoms. The standard InChI is InChI=1S/C26H24F3N3O2S/c1-32-13-11-18(12-14-32)22-4-2-3-17-5-10-21(15-23(17)22)33-16-24-30-25(31-35-24)19-6-8-20(9-7-19)34-26(27,28)29/h2-10,15,18H,11-14,16H2,1H3. The number of benzene rings is 3. The lowest BCUT2D eigenvalue weighted by molar-refractivity contribution is -0.274. The predicted octanol–water partition coefficient (Wildman–Crippen LogP) is 6.65. The van der Waals surface area contributed by atoms with Crippen molar-refractivity contribution in [2.45, 2.75) is 31.7 Å². The number of halogens is 3. The van der Waals surface area contributed by atoms with Crippen molar-refractivity contribution in [2.24, 2.45) is 0 Å². The molecule has 35 heavy (non-hydrogen) atoms. The normalized spacial score (nSPS) is 15.4. The van der Waals surface area contributed by atoms with Crippen LogP contribution in [0.25, 0.3) is 22.2 Å². The number of likely N-dealkylation sites (tertiary alicyclic amines) is 1. The van der Waals surface area contributed by atoms with E-state index in [1.54, 1.807) is 0 Å². The van der Waals surface area contributed by atoms with Gasteiger partial charge in [-0.05, 0) is 103 Å². The fourth-order valence-electron chi connectivity index (χ4n) is 4.42. The Balaban J connectivity index is 1.27. The third-order valence-corrected chi connectivity index (χ3v) is 6.91. The van der Waals surface area contributed by atoms with E-state index in [0.717, 1.165) is 31.7 Å². The Bertz CT molecular complexity index is 1300. The second-order valence-corrected chi connectivity index (χ2v) is 9.52. The van der Waals surface area contributed by atoms with Crippen LogP contribution in [0.1, 0.15) is 29.3 Å². The first kappa shape index (κ1) is 23.6. The van der Waals surface area contributed by atoms with Crippen molar-refractivity contribution in [3.8, 4) is 22.9 Å². The number of rotatable bonds is 6. The van der Waals surface area contributed by atoms with Crippen molar-refractivity contribution >= 4 is 22.3 Å². The molecule has 5 rings (SSSR count). The van der Waals surface area contributed by atoms with Gasteiger partial charge in [-0.3, -0.25) is 0 Å². The van der Waals surface area contributed by atoms with Crippen LogP contribution >= 0.6 is 11.5 Å². The molecular weight excluding hydrogens is 475 g/mol. The molecule has 9 heteroatoms. The van der Waals surface area contributed by atoms with E-state index in [0.29, 0.717) is 22.3 Å². The summed E-state index contributed by atoms with van der Waals surface area (Å²) in [4.78, 5) is 6.85. The van der Waals surface area contributed by atoms with Gasteiger partial charge in [-0.15, -0.1) is 13.2 Å². The van der Waals surface area contributed by atoms with Crippen LogP contribution in [0, 0.1) is 0 Å². The first-order valence-corrected chi connectivity index (χ1v) is 12.1. The van der Waals surface area contributed by atoms with Gasteiger partial charge in [0.25, 0.3) is 0 Å². The van der Waals surface area contributed by atoms with Crippen LogP contribution in [-0.2, 0) is 6.61 Å². The van der Waals surface area contributed by atoms with E-state index in [1.807, 2.05) is 6.07 Å². The monoisotopic (exact) mass is 499 g/mol. The van der Waals surface area contributed by atoms with Crippen LogP contribution in [0.5, 0.6) is 11.5 Å². The molecule has 0 radical (unpaired) electrons. The van der Waals surface area contributed by atoms with Gasteiger partial charge in [0.05, 0.1) is 0 Å². The van der Waals surface area contributed by atoms with E-state index in [-0.39, 0.29) is 12.4 Å². The van der Waals surface area contributed by atoms with Crippen molar-refractivity contribution in [2.75, 3.05) is 20.1 Å². The summed E-state index contributed by atoms with van der Waals surface area (Å²) < 4.78 is 51.3. The summed E-state index contributed by atoms with van der Waals surface area (Å²) >= 11 is 1.21. The number of aromatic nitrogens is 2. The molecule has 0 unspecified atom stereocenters. The highest BCUT2D eigenvalue weighted by molar-refractivity contribution is 7.05. The average molecular weight is 500 g/mol. The minimum Gasteiger partial charge on any atom is -0.486 e. The molecule has 0 saturated carbocycles. The largest absolute Gasteiger partial charge is 0.573 e. The summed E-state index contributed by atoms with van der Waals surface area (Å²) in [5.41, 5.74) is 1.98. The van der Waals surface area contributed by atoms with Gasteiger partial charge in [0.2, 0.25) is 0 Å². The summed E-state index contributed by atoms with van der Waals surface area (Å²) in [6.45, 7) is 2.47. The fraction of sp³-hybridized carbons (Fsp3) is 0.308. The van der Waals surface area contributed by atoms with Gasteiger partial charge in [0, 0.05) is 5.56 Å². The highest BCUT2D eigenvalue weighted by atomic mass is 32.1. The van der Waals surface area contributed by atoms with Gasteiger partial charge >= 0.3 is 6.36 Å². The van der Waals surface area contributed by atoms with Crippen molar-refractivity contribution in [1.29, 1.82) is 0 Å². The molecule has 0 atom stereocenters. The molecule has 1 aliphatic rings. The lowest BCUT2D eigenvalue weighted by Crippen LogP contribution is -2.29. The summed E-state index contributed by atoms with van der Waals surface area (Å²) in [6.07, 6.45) is -2.42. The molecule has 1 fully saturated rings. The second-order valence-electron chi connectivity index (χ2n) is 8.68. The van der Waals surface area contributed by atoms with Gasteiger partial charge in [-0.25, -0.2) is 4.98 Å². The molecule has 182 valence electrons. The first-order chi connectivity index (χ1) is 16.8. The molecule has 4 aromatic rings. The molecule has 1 aromatic heterocycles. The summed E-state index contributed by atoms with van der Waals surface area (Å²) in [7, 11) is 2.17. The van der Waals surface area contributed by atoms with Crippen LogP contribution < -0.4 is 9.47 Å². The molecule has 1 aliphatic heterocycles. The van der Waals surface area contributed by atoms with Crippen molar-refractivity contribution in [3.05, 3.63) is 71.2 Å². The van der Waals surface area contributed by atoms with Crippen molar-refractivity contribution in [3.63, 3.8) is 0 Å². The number of hydrogen-bond acceptors (Lipinski definition) is 6. The maximum Gasteiger partial charge on any atom is 0.573 e. The highest BCUT2D eigenvalue weighted by Gasteiger charge is 2.31. The molecule has 2 heterocycles. The van der Waals surface area contributed by atoms with Crippen LogP contribution in [0.2, 0.25) is 0 Å². The van der Waals surface area contributed by atoms with Crippen molar-refractivity contribution < 1.29 is 22.6 Å². The van der Waals surface area contributed by atoms with E-state index < -0.39 is 6.36 Å². The number of nitrogens with zero attached hydrogens (tertiary/aromatic N) is 3. The molecule has 0 aliphatic carbocycles. The zero-order valence-electron chi connectivity index (χ0n) is 19.1. The Morgan fingerprint density at radius 1 is 1.00 bits per heavy atom. The Morgan fingerprint density at radius 2 is 1.74 bits per heavy atom. The molecule has 3 aromatic carbocycles. The number of alkyl halides is 3. The molecule has 0 bridgehead atoms. The van der Waals surface area contributed by atoms with Crippen LogP contribution in [0.4, 0.5) is 13.2 Å². The zero-order chi connectivity index (χ0) is 24.4. The average Bonchev–Trinajstić information content (AvgIpc) is 3.31. The number of fused-ring (bicyclic) bond motifs is 1. The van der Waals surface area contributed by atoms with Gasteiger partial charge in [0.1, 0.15) is 18.1 Å². The van der Waals surface area contributed by atoms with E-state index in [2.05, 4.69) is 56.4 Å². The van der Waals surface area contributed by atoms with Gasteiger partial charge < -0.3 is 14.4 Å². The Hall–Kier alpha value is -3.17. The quantitative estimate of drug-likeness (QED) is 0.297. The summed E-state index contributed by atoms with van der Waals surface area (Å²) in [5.74, 6) is 1.47. The maximum atomic E-state index is 12.3. The molecule has 0 N–H and O–H groups in total. The minimum atomic E-state index is -4.72. The molecule has 0 amide bonds. The Labute approximate surface area is 205 Å². The lowest BCUT2D eigenvalue weighted by atomic mass is 9.86. The maximum absolute atomic E-state index is 12.3. The molecule has 1 saturated heterocycles. The lowest BCUT2D eigenvalue weighted by Gasteiger charge is -2.30. The number of hydrogen-bond donors (Lipinski definition) is 0. The summed E-state index contributed by atoms with van der Waals surface area (Å²) in [5, 5.41) is 3.10. The topological polar surface area (TPSA) is 47.5 Å². The van der Waals surface area contributed by atoms with Crippen molar-refractivity contribution in [1.82, 2.24) is 14.3 Å². The second kappa shape index (κ2) is 9.83. The van der Waals surface area contributed by atoms with Gasteiger partial charge in [-0.2, -0.15) is 4.37 Å². The van der Waals surface area contributed by atoms with E-state index in [1.165, 1.54) is 52.1 Å². The highest BCUT2D eigenvalue weighted by Crippen LogP contribution is 2.34. The molecule has 5 nitrogen and oxygen atoms in total. The third-order valence-electron chi connectivity index (χ3n) is 6.22. The van der Waals surface area contributed by atoms with E-state index in [4.69, 9.17) is 4.74 Å². The Kier molecular flexibility index (Phi) is 6.62. The van der Waals surface area contributed by atoms with Gasteiger partial charge in [0.15, 0.2) is 10.8 Å². The van der Waals surface area contributed by atoms with E-state index in [9.17, 15) is 13.2 Å². The summed E-state index contributed by atoms with van der Waals surface area (Å²) in [6, 6.07) is 18.1. The van der Waals surface area contributed by atoms with Crippen LogP contribution in [0.15, 0.2) is 60.7 Å². The van der Waals surface area contributed by atoms with Gasteiger partial charge in [-0.1, -0.05) is 24.3 Å². The number of piperidine rings is 1. The SMILES string of the molecule is CN1CCC(c2cccc3ccc(OCc4nc(-c5ccc(OC(F)(F)F)cc5)ns4)cc23)CC1. The molecular formula is C26H24F3N3O2S. The number of ether oxygens (including phenoxy) is 2. The predicted molar refractivity (Wildman–Crippen MR) is 130 cm³/mol. The Morgan fingerprint density at radius 3 is 2.49 bits per heavy atom.